The average molecular weight is 436 g/mol. The van der Waals surface area contributed by atoms with E-state index in [1.54, 1.807) is 30.3 Å². The number of nitrogens with zero attached hydrogens (tertiary/aromatic N) is 1. The zero-order valence-corrected chi connectivity index (χ0v) is 17.4. The van der Waals surface area contributed by atoms with Crippen LogP contribution in [-0.2, 0) is 16.6 Å². The topological polar surface area (TPSA) is 127 Å². The number of aromatic amines is 1. The van der Waals surface area contributed by atoms with E-state index in [9.17, 15) is 13.2 Å². The Kier molecular flexibility index (Phi) is 5.45. The number of ether oxygens (including phenoxy) is 1. The first kappa shape index (κ1) is 20.6. The van der Waals surface area contributed by atoms with Gasteiger partial charge in [-0.3, -0.25) is 0 Å². The van der Waals surface area contributed by atoms with Crippen LogP contribution in [0.15, 0.2) is 71.6 Å². The second-order valence-corrected chi connectivity index (χ2v) is 8.79. The monoisotopic (exact) mass is 436 g/mol. The Hall–Kier alpha value is -3.69. The van der Waals surface area contributed by atoms with Crippen molar-refractivity contribution in [3.8, 4) is 17.1 Å². The van der Waals surface area contributed by atoms with Crippen molar-refractivity contribution in [2.45, 2.75) is 18.4 Å². The van der Waals surface area contributed by atoms with Crippen LogP contribution in [0.4, 0.5) is 4.79 Å². The minimum absolute atomic E-state index is 0.164. The number of aryl methyl sites for hydroxylation is 1. The summed E-state index contributed by atoms with van der Waals surface area (Å²) in [6.45, 7) is 2.19. The third-order valence-corrected chi connectivity index (χ3v) is 6.11. The van der Waals surface area contributed by atoms with Crippen molar-refractivity contribution in [1.29, 1.82) is 0 Å². The molecular weight excluding hydrogens is 416 g/mol. The third kappa shape index (κ3) is 4.73. The third-order valence-electron chi connectivity index (χ3n) is 4.70. The quantitative estimate of drug-likeness (QED) is 0.426. The Morgan fingerprint density at radius 2 is 1.77 bits per heavy atom. The molecule has 0 radical (unpaired) electrons. The fraction of sp³-hybridized carbons (Fsp3) is 0.0909. The van der Waals surface area contributed by atoms with E-state index in [0.29, 0.717) is 28.2 Å². The molecule has 1 heterocycles. The van der Waals surface area contributed by atoms with Crippen molar-refractivity contribution in [2.75, 3.05) is 0 Å². The summed E-state index contributed by atoms with van der Waals surface area (Å²) in [6, 6.07) is 19.0. The van der Waals surface area contributed by atoms with E-state index in [4.69, 9.17) is 10.5 Å². The van der Waals surface area contributed by atoms with Crippen LogP contribution in [0.3, 0.4) is 0 Å². The molecule has 0 aliphatic heterocycles. The molecule has 158 valence electrons. The molecule has 0 bridgehead atoms. The number of fused-ring (bicyclic) bond motifs is 1. The number of hydrogen-bond acceptors (Lipinski definition) is 5. The number of H-pyrrole nitrogens is 1. The van der Waals surface area contributed by atoms with Crippen molar-refractivity contribution in [3.05, 3.63) is 77.9 Å². The zero-order chi connectivity index (χ0) is 22.0. The van der Waals surface area contributed by atoms with E-state index in [1.807, 2.05) is 31.2 Å². The molecular formula is C22H20N4O4S. The van der Waals surface area contributed by atoms with Crippen molar-refractivity contribution in [1.82, 2.24) is 14.7 Å². The number of rotatable bonds is 6. The highest BCUT2D eigenvalue weighted by Gasteiger charge is 2.15. The van der Waals surface area contributed by atoms with E-state index in [0.717, 1.165) is 11.1 Å². The molecule has 9 heteroatoms. The van der Waals surface area contributed by atoms with E-state index >= 15 is 0 Å². The summed E-state index contributed by atoms with van der Waals surface area (Å²) in [4.78, 5) is 18.7. The van der Waals surface area contributed by atoms with Gasteiger partial charge in [0.2, 0.25) is 10.0 Å². The van der Waals surface area contributed by atoms with Crippen molar-refractivity contribution >= 4 is 27.1 Å². The molecule has 8 nitrogen and oxygen atoms in total. The maximum atomic E-state index is 12.6. The summed E-state index contributed by atoms with van der Waals surface area (Å²) in [5.41, 5.74) is 9.07. The number of carbonyl (C=O) groups excluding carboxylic acids is 1. The van der Waals surface area contributed by atoms with Gasteiger partial charge in [-0.1, -0.05) is 29.8 Å². The van der Waals surface area contributed by atoms with Gasteiger partial charge in [-0.2, -0.15) is 0 Å². The normalized spacial score (nSPS) is 11.5. The Balaban J connectivity index is 1.51. The molecule has 0 atom stereocenters. The number of amides is 1. The molecule has 1 aromatic heterocycles. The van der Waals surface area contributed by atoms with E-state index < -0.39 is 16.1 Å². The van der Waals surface area contributed by atoms with Gasteiger partial charge in [0.25, 0.3) is 0 Å². The highest BCUT2D eigenvalue weighted by atomic mass is 32.2. The lowest BCUT2D eigenvalue weighted by atomic mass is 10.2. The van der Waals surface area contributed by atoms with Gasteiger partial charge in [-0.15, -0.1) is 0 Å². The molecule has 4 rings (SSSR count). The van der Waals surface area contributed by atoms with Crippen LogP contribution in [0.1, 0.15) is 11.1 Å². The van der Waals surface area contributed by atoms with Crippen LogP contribution in [0.2, 0.25) is 0 Å². The van der Waals surface area contributed by atoms with Crippen LogP contribution in [0.5, 0.6) is 5.75 Å². The summed E-state index contributed by atoms with van der Waals surface area (Å²) in [6.07, 6.45) is -0.896. The lowest BCUT2D eigenvalue weighted by Crippen LogP contribution is -2.23. The number of benzene rings is 3. The standard InChI is InChI=1S/C22H20N4O4S/c1-14-2-4-15(5-3-14)13-24-31(28,29)18-9-6-16(7-10-18)21-25-19-11-8-17(30-22(23)27)12-20(19)26-21/h2-12,24H,13H2,1H3,(H2,23,27)(H,25,26). The van der Waals surface area contributed by atoms with Crippen LogP contribution >= 0.6 is 0 Å². The van der Waals surface area contributed by atoms with Gasteiger partial charge in [0.1, 0.15) is 11.6 Å². The molecule has 3 aromatic carbocycles. The molecule has 0 saturated carbocycles. The number of sulfonamides is 1. The van der Waals surface area contributed by atoms with Crippen LogP contribution < -0.4 is 15.2 Å². The molecule has 4 N–H and O–H groups in total. The maximum absolute atomic E-state index is 12.6. The van der Waals surface area contributed by atoms with E-state index in [2.05, 4.69) is 14.7 Å². The van der Waals surface area contributed by atoms with Gasteiger partial charge >= 0.3 is 6.09 Å². The first-order chi connectivity index (χ1) is 14.8. The predicted octanol–water partition coefficient (Wildman–Crippen LogP) is 3.47. The number of hydrogen-bond donors (Lipinski definition) is 3. The van der Waals surface area contributed by atoms with Gasteiger partial charge < -0.3 is 15.5 Å². The van der Waals surface area contributed by atoms with E-state index in [-0.39, 0.29) is 11.4 Å². The summed E-state index contributed by atoms with van der Waals surface area (Å²) in [5.74, 6) is 0.860. The predicted molar refractivity (Wildman–Crippen MR) is 117 cm³/mol. The summed E-state index contributed by atoms with van der Waals surface area (Å²) >= 11 is 0. The number of imidazole rings is 1. The van der Waals surface area contributed by atoms with Gasteiger partial charge in [0, 0.05) is 18.2 Å². The molecule has 0 saturated heterocycles. The van der Waals surface area contributed by atoms with E-state index in [1.165, 1.54) is 12.1 Å². The first-order valence-electron chi connectivity index (χ1n) is 9.43. The maximum Gasteiger partial charge on any atom is 0.409 e. The summed E-state index contributed by atoms with van der Waals surface area (Å²) in [5, 5.41) is 0. The van der Waals surface area contributed by atoms with Gasteiger partial charge in [-0.05, 0) is 48.9 Å². The largest absolute Gasteiger partial charge is 0.410 e. The average Bonchev–Trinajstić information content (AvgIpc) is 3.16. The smallest absolute Gasteiger partial charge is 0.409 e. The Morgan fingerprint density at radius 1 is 1.06 bits per heavy atom. The number of nitrogens with two attached hydrogens (primary N) is 1. The Bertz CT molecular complexity index is 1340. The highest BCUT2D eigenvalue weighted by molar-refractivity contribution is 7.89. The van der Waals surface area contributed by atoms with Crippen LogP contribution in [0, 0.1) is 6.92 Å². The zero-order valence-electron chi connectivity index (χ0n) is 16.6. The van der Waals surface area contributed by atoms with Crippen LogP contribution in [-0.4, -0.2) is 24.5 Å². The van der Waals surface area contributed by atoms with Gasteiger partial charge in [-0.25, -0.2) is 22.9 Å². The van der Waals surface area contributed by atoms with Gasteiger partial charge in [0.15, 0.2) is 0 Å². The van der Waals surface area contributed by atoms with Gasteiger partial charge in [0.05, 0.1) is 15.9 Å². The van der Waals surface area contributed by atoms with Crippen molar-refractivity contribution in [3.63, 3.8) is 0 Å². The molecule has 4 aromatic rings. The number of primary amides is 1. The molecule has 0 fully saturated rings. The second kappa shape index (κ2) is 8.21. The summed E-state index contributed by atoms with van der Waals surface area (Å²) in [7, 11) is -3.65. The lowest BCUT2D eigenvalue weighted by Gasteiger charge is -2.08. The number of nitrogens with one attached hydrogen (secondary N) is 2. The first-order valence-corrected chi connectivity index (χ1v) is 10.9. The SMILES string of the molecule is Cc1ccc(CNS(=O)(=O)c2ccc(-c3nc4ccc(OC(N)=O)cc4[nH]3)cc2)cc1. The Labute approximate surface area is 179 Å². The molecule has 0 spiro atoms. The minimum atomic E-state index is -3.65. The second-order valence-electron chi connectivity index (χ2n) is 7.02. The fourth-order valence-corrected chi connectivity index (χ4v) is 4.08. The fourth-order valence-electron chi connectivity index (χ4n) is 3.06. The highest BCUT2D eigenvalue weighted by Crippen LogP contribution is 2.25. The lowest BCUT2D eigenvalue weighted by molar-refractivity contribution is 0.211. The Morgan fingerprint density at radius 3 is 2.45 bits per heavy atom. The van der Waals surface area contributed by atoms with Crippen molar-refractivity contribution in [2.24, 2.45) is 5.73 Å². The molecule has 31 heavy (non-hydrogen) atoms. The number of carbonyl (C=O) groups is 1. The molecule has 0 aliphatic carbocycles. The molecule has 0 aliphatic rings. The molecule has 0 unspecified atom stereocenters. The van der Waals surface area contributed by atoms with Crippen LogP contribution in [0.25, 0.3) is 22.4 Å². The minimum Gasteiger partial charge on any atom is -0.410 e. The summed E-state index contributed by atoms with van der Waals surface area (Å²) < 4.78 is 32.7. The number of aromatic nitrogens is 2. The van der Waals surface area contributed by atoms with Crippen molar-refractivity contribution < 1.29 is 17.9 Å². The molecule has 1 amide bonds.